The molecule has 0 spiro atoms. The number of hydrogen-bond donors (Lipinski definition) is 2. The molecule has 0 aromatic carbocycles. The summed E-state index contributed by atoms with van der Waals surface area (Å²) in [7, 11) is 3.85. The van der Waals surface area contributed by atoms with Crippen LogP contribution in [0.5, 0.6) is 0 Å². The minimum absolute atomic E-state index is 0.885. The Hall–Kier alpha value is -1.52. The van der Waals surface area contributed by atoms with Crippen molar-refractivity contribution in [1.82, 2.24) is 20.4 Å². The van der Waals surface area contributed by atoms with Gasteiger partial charge in [-0.15, -0.1) is 0 Å². The number of nitrogens with zero attached hydrogens (tertiary/aromatic N) is 3. The minimum Gasteiger partial charge on any atom is -0.356 e. The predicted octanol–water partition coefficient (Wildman–Crippen LogP) is 3.10. The molecule has 2 rings (SSSR count). The number of guanidine groups is 1. The lowest BCUT2D eigenvalue weighted by molar-refractivity contribution is 0.332. The number of hydrogen-bond acceptors (Lipinski definition) is 2. The number of aromatic nitrogens is 2. The fourth-order valence-electron chi connectivity index (χ4n) is 3.78. The van der Waals surface area contributed by atoms with Crippen molar-refractivity contribution in [2.75, 3.05) is 20.1 Å². The van der Waals surface area contributed by atoms with Gasteiger partial charge in [0.05, 0.1) is 5.69 Å². The van der Waals surface area contributed by atoms with Crippen LogP contribution in [-0.2, 0) is 13.5 Å². The zero-order valence-electron chi connectivity index (χ0n) is 16.0. The van der Waals surface area contributed by atoms with Gasteiger partial charge in [0.2, 0.25) is 0 Å². The Labute approximate surface area is 147 Å². The molecule has 24 heavy (non-hydrogen) atoms. The third-order valence-corrected chi connectivity index (χ3v) is 5.36. The molecule has 1 aromatic rings. The maximum absolute atomic E-state index is 4.48. The van der Waals surface area contributed by atoms with Gasteiger partial charge in [0.25, 0.3) is 0 Å². The van der Waals surface area contributed by atoms with E-state index < -0.39 is 0 Å². The largest absolute Gasteiger partial charge is 0.356 e. The Balaban J connectivity index is 1.63. The highest BCUT2D eigenvalue weighted by Gasteiger charge is 2.12. The molecule has 0 saturated heterocycles. The van der Waals surface area contributed by atoms with Gasteiger partial charge in [-0.2, -0.15) is 5.10 Å². The zero-order valence-corrected chi connectivity index (χ0v) is 16.0. The van der Waals surface area contributed by atoms with Crippen molar-refractivity contribution in [2.24, 2.45) is 18.0 Å². The number of nitrogens with one attached hydrogen (secondary N) is 2. The maximum Gasteiger partial charge on any atom is 0.190 e. The molecular weight excluding hydrogens is 298 g/mol. The van der Waals surface area contributed by atoms with Crippen LogP contribution in [0.3, 0.4) is 0 Å². The van der Waals surface area contributed by atoms with Gasteiger partial charge >= 0.3 is 0 Å². The molecular formula is C19H35N5. The lowest BCUT2D eigenvalue weighted by Crippen LogP contribution is -2.38. The summed E-state index contributed by atoms with van der Waals surface area (Å²) < 4.78 is 1.96. The Kier molecular flexibility index (Phi) is 7.60. The second-order valence-corrected chi connectivity index (χ2v) is 7.10. The quantitative estimate of drug-likeness (QED) is 0.458. The molecule has 0 aliphatic heterocycles. The first-order valence-corrected chi connectivity index (χ1v) is 9.55. The second kappa shape index (κ2) is 9.70. The van der Waals surface area contributed by atoms with Crippen molar-refractivity contribution >= 4 is 5.96 Å². The fourth-order valence-corrected chi connectivity index (χ4v) is 3.78. The minimum atomic E-state index is 0.885. The monoisotopic (exact) mass is 333 g/mol. The Bertz CT molecular complexity index is 526. The highest BCUT2D eigenvalue weighted by molar-refractivity contribution is 5.79. The standard InChI is InChI=1S/C19H35N5/c1-15-18(16(2)24(4)23-15)12-14-22-19(20-3)21-13-8-11-17-9-6-5-7-10-17/h17H,5-14H2,1-4H3,(H2,20,21,22). The van der Waals surface area contributed by atoms with Crippen molar-refractivity contribution in [1.29, 1.82) is 0 Å². The fraction of sp³-hybridized carbons (Fsp3) is 0.789. The van der Waals surface area contributed by atoms with E-state index in [1.54, 1.807) is 0 Å². The van der Waals surface area contributed by atoms with E-state index in [-0.39, 0.29) is 0 Å². The third-order valence-electron chi connectivity index (χ3n) is 5.36. The molecule has 2 N–H and O–H groups in total. The molecule has 0 amide bonds. The van der Waals surface area contributed by atoms with Crippen LogP contribution in [-0.4, -0.2) is 35.9 Å². The molecule has 0 unspecified atom stereocenters. The molecule has 5 nitrogen and oxygen atoms in total. The summed E-state index contributed by atoms with van der Waals surface area (Å²) in [5.74, 6) is 1.88. The maximum atomic E-state index is 4.48. The molecule has 1 fully saturated rings. The zero-order chi connectivity index (χ0) is 17.4. The molecule has 1 aliphatic rings. The lowest BCUT2D eigenvalue weighted by atomic mass is 9.86. The van der Waals surface area contributed by atoms with E-state index in [2.05, 4.69) is 34.6 Å². The van der Waals surface area contributed by atoms with Crippen molar-refractivity contribution in [3.8, 4) is 0 Å². The van der Waals surface area contributed by atoms with Crippen molar-refractivity contribution in [2.45, 2.75) is 65.2 Å². The second-order valence-electron chi connectivity index (χ2n) is 7.10. The van der Waals surface area contributed by atoms with Gasteiger partial charge in [-0.3, -0.25) is 9.67 Å². The van der Waals surface area contributed by atoms with Crippen LogP contribution < -0.4 is 10.6 Å². The molecule has 1 aromatic heterocycles. The van der Waals surface area contributed by atoms with Crippen molar-refractivity contribution < 1.29 is 0 Å². The number of aryl methyl sites for hydroxylation is 2. The van der Waals surface area contributed by atoms with Gasteiger partial charge in [0, 0.05) is 32.9 Å². The van der Waals surface area contributed by atoms with Gasteiger partial charge in [-0.25, -0.2) is 0 Å². The molecule has 1 heterocycles. The van der Waals surface area contributed by atoms with Crippen LogP contribution in [0.4, 0.5) is 0 Å². The van der Waals surface area contributed by atoms with Crippen LogP contribution in [0.1, 0.15) is 61.9 Å². The highest BCUT2D eigenvalue weighted by atomic mass is 15.3. The van der Waals surface area contributed by atoms with Crippen LogP contribution in [0.25, 0.3) is 0 Å². The predicted molar refractivity (Wildman–Crippen MR) is 102 cm³/mol. The molecule has 0 bridgehead atoms. The van der Waals surface area contributed by atoms with E-state index in [1.165, 1.54) is 56.2 Å². The Morgan fingerprint density at radius 1 is 1.17 bits per heavy atom. The third kappa shape index (κ3) is 5.53. The first-order chi connectivity index (χ1) is 11.6. The molecule has 136 valence electrons. The van der Waals surface area contributed by atoms with Gasteiger partial charge < -0.3 is 10.6 Å². The summed E-state index contributed by atoms with van der Waals surface area (Å²) in [6.07, 6.45) is 10.8. The first kappa shape index (κ1) is 18.8. The van der Waals surface area contributed by atoms with Gasteiger partial charge in [-0.1, -0.05) is 32.1 Å². The molecule has 1 aliphatic carbocycles. The summed E-state index contributed by atoms with van der Waals surface area (Å²) >= 11 is 0. The van der Waals surface area contributed by atoms with E-state index >= 15 is 0 Å². The van der Waals surface area contributed by atoms with E-state index in [9.17, 15) is 0 Å². The smallest absolute Gasteiger partial charge is 0.190 e. The van der Waals surface area contributed by atoms with E-state index in [0.29, 0.717) is 0 Å². The normalized spacial score (nSPS) is 16.4. The van der Waals surface area contributed by atoms with Gasteiger partial charge in [0.1, 0.15) is 0 Å². The molecule has 5 heteroatoms. The van der Waals surface area contributed by atoms with Crippen molar-refractivity contribution in [3.05, 3.63) is 17.0 Å². The molecule has 0 atom stereocenters. The van der Waals surface area contributed by atoms with Crippen LogP contribution in [0, 0.1) is 19.8 Å². The van der Waals surface area contributed by atoms with E-state index in [4.69, 9.17) is 0 Å². The molecule has 1 saturated carbocycles. The first-order valence-electron chi connectivity index (χ1n) is 9.55. The van der Waals surface area contributed by atoms with Crippen molar-refractivity contribution in [3.63, 3.8) is 0 Å². The molecule has 0 radical (unpaired) electrons. The summed E-state index contributed by atoms with van der Waals surface area (Å²) in [6, 6.07) is 0. The van der Waals surface area contributed by atoms with E-state index in [1.807, 2.05) is 18.8 Å². The summed E-state index contributed by atoms with van der Waals surface area (Å²) in [5.41, 5.74) is 3.73. The SMILES string of the molecule is CN=C(NCCCC1CCCCC1)NCCc1c(C)nn(C)c1C. The van der Waals surface area contributed by atoms with Crippen LogP contribution in [0.15, 0.2) is 4.99 Å². The van der Waals surface area contributed by atoms with Gasteiger partial charge in [0.15, 0.2) is 5.96 Å². The highest BCUT2D eigenvalue weighted by Crippen LogP contribution is 2.26. The summed E-state index contributed by atoms with van der Waals surface area (Å²) in [4.78, 5) is 4.33. The lowest BCUT2D eigenvalue weighted by Gasteiger charge is -2.21. The van der Waals surface area contributed by atoms with Crippen LogP contribution >= 0.6 is 0 Å². The average molecular weight is 334 g/mol. The van der Waals surface area contributed by atoms with Gasteiger partial charge in [-0.05, 0) is 44.6 Å². The number of rotatable bonds is 7. The number of aliphatic imine (C=N–C) groups is 1. The van der Waals surface area contributed by atoms with E-state index in [0.717, 1.165) is 37.1 Å². The Morgan fingerprint density at radius 3 is 2.50 bits per heavy atom. The van der Waals surface area contributed by atoms with Crippen LogP contribution in [0.2, 0.25) is 0 Å². The topological polar surface area (TPSA) is 54.2 Å². The Morgan fingerprint density at radius 2 is 1.88 bits per heavy atom. The summed E-state index contributed by atoms with van der Waals surface area (Å²) in [6.45, 7) is 6.12. The average Bonchev–Trinajstić information content (AvgIpc) is 2.83. The summed E-state index contributed by atoms with van der Waals surface area (Å²) in [5, 5.41) is 11.3.